The normalized spacial score (nSPS) is 13.3. The van der Waals surface area contributed by atoms with Crippen molar-refractivity contribution in [2.75, 3.05) is 6.61 Å². The number of pyridine rings is 1. The highest BCUT2D eigenvalue weighted by molar-refractivity contribution is 6.76. The Kier molecular flexibility index (Phi) is 5.50. The van der Waals surface area contributed by atoms with Crippen LogP contribution in [0.2, 0.25) is 25.7 Å². The number of hydrogen-bond donors (Lipinski definition) is 1. The first-order chi connectivity index (χ1) is 10.4. The van der Waals surface area contributed by atoms with Crippen LogP contribution in [0.4, 0.5) is 0 Å². The number of nitrogens with zero attached hydrogens (tertiary/aromatic N) is 3. The summed E-state index contributed by atoms with van der Waals surface area (Å²) >= 11 is 0. The second-order valence-electron chi connectivity index (χ2n) is 6.80. The third-order valence-electron chi connectivity index (χ3n) is 3.53. The molecular formula is C16H25N3O2Si. The largest absolute Gasteiger partial charge is 0.382 e. The van der Waals surface area contributed by atoms with Crippen LogP contribution in [0.15, 0.2) is 31.0 Å². The number of aryl methyl sites for hydroxylation is 1. The zero-order chi connectivity index (χ0) is 16.2. The van der Waals surface area contributed by atoms with E-state index in [4.69, 9.17) is 4.74 Å². The number of imidazole rings is 1. The van der Waals surface area contributed by atoms with Crippen molar-refractivity contribution < 1.29 is 9.84 Å². The van der Waals surface area contributed by atoms with Crippen molar-refractivity contribution in [2.24, 2.45) is 0 Å². The van der Waals surface area contributed by atoms with Gasteiger partial charge in [0.15, 0.2) is 0 Å². The Morgan fingerprint density at radius 2 is 2.14 bits per heavy atom. The van der Waals surface area contributed by atoms with Gasteiger partial charge in [-0.25, -0.2) is 4.98 Å². The molecule has 0 bridgehead atoms. The van der Waals surface area contributed by atoms with Crippen molar-refractivity contribution >= 4 is 8.07 Å². The molecule has 6 heteroatoms. The molecule has 0 radical (unpaired) electrons. The molecule has 2 aromatic heterocycles. The van der Waals surface area contributed by atoms with Gasteiger partial charge in [-0.3, -0.25) is 4.98 Å². The van der Waals surface area contributed by atoms with E-state index in [1.165, 1.54) is 0 Å². The van der Waals surface area contributed by atoms with Crippen LogP contribution >= 0.6 is 0 Å². The molecule has 5 nitrogen and oxygen atoms in total. The van der Waals surface area contributed by atoms with Crippen LogP contribution in [0.1, 0.15) is 22.9 Å². The van der Waals surface area contributed by atoms with Gasteiger partial charge in [-0.1, -0.05) is 19.6 Å². The van der Waals surface area contributed by atoms with E-state index >= 15 is 0 Å². The summed E-state index contributed by atoms with van der Waals surface area (Å²) in [6, 6.07) is 2.97. The Bertz CT molecular complexity index is 607. The van der Waals surface area contributed by atoms with Crippen LogP contribution < -0.4 is 0 Å². The summed E-state index contributed by atoms with van der Waals surface area (Å²) in [6.45, 7) is 10.2. The molecule has 0 saturated heterocycles. The highest BCUT2D eigenvalue weighted by Gasteiger charge is 2.16. The van der Waals surface area contributed by atoms with Gasteiger partial charge in [0.1, 0.15) is 12.8 Å². The van der Waals surface area contributed by atoms with Crippen LogP contribution in [0, 0.1) is 6.92 Å². The first-order valence-electron chi connectivity index (χ1n) is 7.55. The van der Waals surface area contributed by atoms with Gasteiger partial charge < -0.3 is 14.4 Å². The zero-order valence-corrected chi connectivity index (χ0v) is 14.8. The number of aromatic nitrogens is 3. The first kappa shape index (κ1) is 16.9. The second-order valence-corrected chi connectivity index (χ2v) is 12.4. The molecule has 1 atom stereocenters. The van der Waals surface area contributed by atoms with Crippen molar-refractivity contribution in [2.45, 2.75) is 45.4 Å². The fourth-order valence-corrected chi connectivity index (χ4v) is 2.84. The number of hydrogen-bond acceptors (Lipinski definition) is 4. The Morgan fingerprint density at radius 1 is 1.36 bits per heavy atom. The maximum atomic E-state index is 10.4. The summed E-state index contributed by atoms with van der Waals surface area (Å²) in [5.41, 5.74) is 2.42. The van der Waals surface area contributed by atoms with Crippen LogP contribution in [0.5, 0.6) is 0 Å². The summed E-state index contributed by atoms with van der Waals surface area (Å²) in [7, 11) is -1.05. The Balaban J connectivity index is 1.92. The zero-order valence-electron chi connectivity index (χ0n) is 13.8. The molecule has 0 aliphatic heterocycles. The van der Waals surface area contributed by atoms with E-state index in [1.807, 2.05) is 23.8 Å². The Hall–Kier alpha value is -1.50. The molecule has 2 aromatic rings. The molecule has 0 aliphatic rings. The van der Waals surface area contributed by atoms with Crippen molar-refractivity contribution in [1.29, 1.82) is 0 Å². The average Bonchev–Trinajstić information content (AvgIpc) is 2.91. The molecule has 1 N–H and O–H groups in total. The van der Waals surface area contributed by atoms with Crippen molar-refractivity contribution in [3.05, 3.63) is 47.8 Å². The number of ether oxygens (including phenoxy) is 1. The average molecular weight is 319 g/mol. The Morgan fingerprint density at radius 3 is 2.82 bits per heavy atom. The van der Waals surface area contributed by atoms with Crippen molar-refractivity contribution in [3.8, 4) is 0 Å². The van der Waals surface area contributed by atoms with E-state index in [-0.39, 0.29) is 0 Å². The minimum Gasteiger partial charge on any atom is -0.382 e. The number of aliphatic hydroxyl groups is 1. The lowest BCUT2D eigenvalue weighted by Gasteiger charge is -2.15. The van der Waals surface area contributed by atoms with Gasteiger partial charge in [-0.2, -0.15) is 0 Å². The summed E-state index contributed by atoms with van der Waals surface area (Å²) in [5.74, 6) is 0. The van der Waals surface area contributed by atoms with Gasteiger partial charge in [-0.15, -0.1) is 0 Å². The maximum absolute atomic E-state index is 10.4. The maximum Gasteiger partial charge on any atom is 0.123 e. The highest BCUT2D eigenvalue weighted by atomic mass is 28.3. The van der Waals surface area contributed by atoms with E-state index in [9.17, 15) is 5.11 Å². The molecule has 0 amide bonds. The van der Waals surface area contributed by atoms with Crippen LogP contribution in [-0.4, -0.2) is 34.3 Å². The SMILES string of the molecule is Cc1cnccc1C(O)c1cn(COCC[Si](C)(C)C)cn1. The lowest BCUT2D eigenvalue weighted by Crippen LogP contribution is -2.21. The third kappa shape index (κ3) is 4.76. The van der Waals surface area contributed by atoms with E-state index in [0.29, 0.717) is 12.4 Å². The molecule has 0 aromatic carbocycles. The summed E-state index contributed by atoms with van der Waals surface area (Å²) in [6.07, 6.45) is 6.23. The minimum atomic E-state index is -1.05. The number of rotatable bonds is 7. The van der Waals surface area contributed by atoms with Gasteiger partial charge in [0.05, 0.1) is 12.0 Å². The van der Waals surface area contributed by atoms with Gasteiger partial charge in [0.25, 0.3) is 0 Å². The van der Waals surface area contributed by atoms with Gasteiger partial charge in [0, 0.05) is 33.3 Å². The van der Waals surface area contributed by atoms with E-state index in [0.717, 1.165) is 23.8 Å². The fraction of sp³-hybridized carbons (Fsp3) is 0.500. The quantitative estimate of drug-likeness (QED) is 0.629. The second kappa shape index (κ2) is 7.17. The van der Waals surface area contributed by atoms with Gasteiger partial charge >= 0.3 is 0 Å². The molecule has 2 rings (SSSR count). The van der Waals surface area contributed by atoms with E-state index < -0.39 is 14.2 Å². The van der Waals surface area contributed by atoms with Crippen molar-refractivity contribution in [1.82, 2.24) is 14.5 Å². The van der Waals surface area contributed by atoms with Crippen molar-refractivity contribution in [3.63, 3.8) is 0 Å². The highest BCUT2D eigenvalue weighted by Crippen LogP contribution is 2.22. The summed E-state index contributed by atoms with van der Waals surface area (Å²) in [5, 5.41) is 10.4. The van der Waals surface area contributed by atoms with Gasteiger partial charge in [-0.05, 0) is 30.2 Å². The summed E-state index contributed by atoms with van der Waals surface area (Å²) in [4.78, 5) is 8.32. The minimum absolute atomic E-state index is 0.472. The van der Waals surface area contributed by atoms with E-state index in [1.54, 1.807) is 18.7 Å². The topological polar surface area (TPSA) is 60.2 Å². The Labute approximate surface area is 133 Å². The molecule has 0 fully saturated rings. The molecule has 0 aliphatic carbocycles. The van der Waals surface area contributed by atoms with Crippen LogP contribution in [0.3, 0.4) is 0 Å². The molecule has 120 valence electrons. The third-order valence-corrected chi connectivity index (χ3v) is 5.23. The first-order valence-corrected chi connectivity index (χ1v) is 11.3. The summed E-state index contributed by atoms with van der Waals surface area (Å²) < 4.78 is 7.54. The fourth-order valence-electron chi connectivity index (χ4n) is 2.09. The van der Waals surface area contributed by atoms with Crippen LogP contribution in [0.25, 0.3) is 0 Å². The molecule has 0 saturated carbocycles. The lowest BCUT2D eigenvalue weighted by molar-refractivity contribution is 0.0869. The smallest absolute Gasteiger partial charge is 0.123 e. The monoisotopic (exact) mass is 319 g/mol. The lowest BCUT2D eigenvalue weighted by atomic mass is 10.0. The standard InChI is InChI=1S/C16H25N3O2Si/c1-13-9-17-6-5-14(13)16(20)15-10-19(11-18-15)12-21-7-8-22(2,3)4/h5-6,9-11,16,20H,7-8,12H2,1-4H3. The molecule has 2 heterocycles. The van der Waals surface area contributed by atoms with Crippen LogP contribution in [-0.2, 0) is 11.5 Å². The van der Waals surface area contributed by atoms with E-state index in [2.05, 4.69) is 29.6 Å². The molecular weight excluding hydrogens is 294 g/mol. The molecule has 22 heavy (non-hydrogen) atoms. The molecule has 1 unspecified atom stereocenters. The predicted molar refractivity (Wildman–Crippen MR) is 89.4 cm³/mol. The predicted octanol–water partition coefficient (Wildman–Crippen LogP) is 2.98. The molecule has 0 spiro atoms. The van der Waals surface area contributed by atoms with Gasteiger partial charge in [0.2, 0.25) is 0 Å². The number of aliphatic hydroxyl groups excluding tert-OH is 1.